The van der Waals surface area contributed by atoms with E-state index in [2.05, 4.69) is 4.40 Å². The molecule has 5 heteroatoms. The molecule has 64 valence electrons. The van der Waals surface area contributed by atoms with E-state index in [1.165, 1.54) is 0 Å². The minimum Gasteiger partial charge on any atom is -0.362 e. The molecular formula is C6H12N2O2S. The fraction of sp³-hybridized carbons (Fsp3) is 0.833. The molecule has 0 amide bonds. The Kier molecular flexibility index (Phi) is 2.17. The average Bonchev–Trinajstić information content (AvgIpc) is 2.12. The van der Waals surface area contributed by atoms with Crippen LogP contribution >= 0.6 is 0 Å². The Hall–Kier alpha value is -0.580. The van der Waals surface area contributed by atoms with Gasteiger partial charge in [0.1, 0.15) is 5.84 Å². The molecular weight excluding hydrogens is 164 g/mol. The summed E-state index contributed by atoms with van der Waals surface area (Å²) in [6, 6.07) is 0. The van der Waals surface area contributed by atoms with Crippen LogP contribution in [0.25, 0.3) is 0 Å². The molecule has 1 rings (SSSR count). The molecule has 4 nitrogen and oxygen atoms in total. The smallest absolute Gasteiger partial charge is 0.251 e. The van der Waals surface area contributed by atoms with Crippen LogP contribution in [0.15, 0.2) is 4.40 Å². The third kappa shape index (κ3) is 2.49. The van der Waals surface area contributed by atoms with Crippen molar-refractivity contribution in [3.8, 4) is 0 Å². The lowest BCUT2D eigenvalue weighted by Gasteiger charge is -2.09. The Morgan fingerprint density at radius 2 is 2.18 bits per heavy atom. The van der Waals surface area contributed by atoms with Gasteiger partial charge in [-0.05, 0) is 6.42 Å². The van der Waals surface area contributed by atoms with E-state index in [0.29, 0.717) is 5.84 Å². The first-order chi connectivity index (χ1) is 4.99. The van der Waals surface area contributed by atoms with Gasteiger partial charge in [0.05, 0.1) is 6.26 Å². The van der Waals surface area contributed by atoms with Crippen LogP contribution in [0.1, 0.15) is 12.8 Å². The Bertz CT molecular complexity index is 268. The first-order valence-electron chi connectivity index (χ1n) is 3.49. The monoisotopic (exact) mass is 176 g/mol. The van der Waals surface area contributed by atoms with Crippen molar-refractivity contribution in [1.29, 1.82) is 0 Å². The van der Waals surface area contributed by atoms with Crippen LogP contribution in [-0.2, 0) is 10.0 Å². The van der Waals surface area contributed by atoms with Crippen molar-refractivity contribution in [3.63, 3.8) is 0 Å². The second-order valence-corrected chi connectivity index (χ2v) is 4.41. The SMILES string of the molecule is CN1CCCC1=NS(C)(=O)=O. The lowest BCUT2D eigenvalue weighted by Crippen LogP contribution is -2.20. The quantitative estimate of drug-likeness (QED) is 0.568. The Balaban J connectivity index is 2.82. The first kappa shape index (κ1) is 8.52. The summed E-state index contributed by atoms with van der Waals surface area (Å²) in [7, 11) is -1.34. The van der Waals surface area contributed by atoms with Crippen molar-refractivity contribution in [2.24, 2.45) is 4.40 Å². The van der Waals surface area contributed by atoms with Gasteiger partial charge in [0, 0.05) is 20.0 Å². The second kappa shape index (κ2) is 2.81. The summed E-state index contributed by atoms with van der Waals surface area (Å²) in [5.41, 5.74) is 0. The van der Waals surface area contributed by atoms with Crippen molar-refractivity contribution < 1.29 is 8.42 Å². The van der Waals surface area contributed by atoms with Crippen molar-refractivity contribution in [2.75, 3.05) is 19.8 Å². The maximum atomic E-state index is 10.7. The molecule has 0 N–H and O–H groups in total. The first-order valence-corrected chi connectivity index (χ1v) is 5.34. The molecule has 11 heavy (non-hydrogen) atoms. The largest absolute Gasteiger partial charge is 0.362 e. The van der Waals surface area contributed by atoms with Crippen LogP contribution in [-0.4, -0.2) is 39.0 Å². The number of amidine groups is 1. The number of hydrogen-bond acceptors (Lipinski definition) is 2. The summed E-state index contributed by atoms with van der Waals surface area (Å²) in [5, 5.41) is 0. The lowest BCUT2D eigenvalue weighted by molar-refractivity contribution is 0.549. The van der Waals surface area contributed by atoms with Crippen molar-refractivity contribution in [1.82, 2.24) is 4.90 Å². The summed E-state index contributed by atoms with van der Waals surface area (Å²) < 4.78 is 25.0. The molecule has 0 radical (unpaired) electrons. The van der Waals surface area contributed by atoms with Crippen molar-refractivity contribution in [3.05, 3.63) is 0 Å². The number of rotatable bonds is 1. The van der Waals surface area contributed by atoms with Gasteiger partial charge in [-0.1, -0.05) is 0 Å². The van der Waals surface area contributed by atoms with Crippen LogP contribution < -0.4 is 0 Å². The molecule has 1 saturated heterocycles. The summed E-state index contributed by atoms with van der Waals surface area (Å²) in [6.45, 7) is 0.911. The molecule has 1 aliphatic rings. The summed E-state index contributed by atoms with van der Waals surface area (Å²) >= 11 is 0. The number of nitrogens with zero attached hydrogens (tertiary/aromatic N) is 2. The highest BCUT2D eigenvalue weighted by atomic mass is 32.2. The van der Waals surface area contributed by atoms with Gasteiger partial charge in [-0.3, -0.25) is 0 Å². The van der Waals surface area contributed by atoms with Gasteiger partial charge in [0.25, 0.3) is 10.0 Å². The van der Waals surface area contributed by atoms with Gasteiger partial charge in [-0.2, -0.15) is 4.40 Å². The maximum absolute atomic E-state index is 10.7. The zero-order chi connectivity index (χ0) is 8.48. The topological polar surface area (TPSA) is 49.7 Å². The van der Waals surface area contributed by atoms with E-state index in [-0.39, 0.29) is 0 Å². The average molecular weight is 176 g/mol. The second-order valence-electron chi connectivity index (χ2n) is 2.77. The molecule has 0 aromatic heterocycles. The fourth-order valence-corrected chi connectivity index (χ4v) is 1.71. The Morgan fingerprint density at radius 3 is 2.55 bits per heavy atom. The predicted octanol–water partition coefficient (Wildman–Crippen LogP) is 0.0701. The van der Waals surface area contributed by atoms with Crippen LogP contribution in [0.2, 0.25) is 0 Å². The molecule has 0 unspecified atom stereocenters. The van der Waals surface area contributed by atoms with Gasteiger partial charge >= 0.3 is 0 Å². The summed E-state index contributed by atoms with van der Waals surface area (Å²) in [5.74, 6) is 0.688. The fourth-order valence-electron chi connectivity index (χ4n) is 1.10. The van der Waals surface area contributed by atoms with E-state index in [1.807, 2.05) is 11.9 Å². The molecule has 0 atom stereocenters. The van der Waals surface area contributed by atoms with Gasteiger partial charge < -0.3 is 4.90 Å². The molecule has 0 bridgehead atoms. The molecule has 0 aromatic rings. The zero-order valence-electron chi connectivity index (χ0n) is 6.74. The van der Waals surface area contributed by atoms with E-state index in [9.17, 15) is 8.42 Å². The Labute approximate surface area is 67.0 Å². The van der Waals surface area contributed by atoms with Gasteiger partial charge in [-0.15, -0.1) is 0 Å². The van der Waals surface area contributed by atoms with E-state index >= 15 is 0 Å². The highest BCUT2D eigenvalue weighted by Crippen LogP contribution is 2.09. The predicted molar refractivity (Wildman–Crippen MR) is 44.1 cm³/mol. The van der Waals surface area contributed by atoms with Crippen LogP contribution in [0.5, 0.6) is 0 Å². The van der Waals surface area contributed by atoms with Crippen molar-refractivity contribution in [2.45, 2.75) is 12.8 Å². The van der Waals surface area contributed by atoms with E-state index in [0.717, 1.165) is 25.6 Å². The molecule has 0 spiro atoms. The molecule has 0 saturated carbocycles. The normalized spacial score (nSPS) is 23.1. The maximum Gasteiger partial charge on any atom is 0.251 e. The lowest BCUT2D eigenvalue weighted by atomic mass is 10.4. The van der Waals surface area contributed by atoms with E-state index in [4.69, 9.17) is 0 Å². The summed E-state index contributed by atoms with van der Waals surface area (Å²) in [6.07, 6.45) is 2.90. The third-order valence-electron chi connectivity index (χ3n) is 1.61. The highest BCUT2D eigenvalue weighted by molar-refractivity contribution is 7.89. The van der Waals surface area contributed by atoms with Gasteiger partial charge in [0.15, 0.2) is 0 Å². The Morgan fingerprint density at radius 1 is 1.55 bits per heavy atom. The number of sulfonamides is 1. The van der Waals surface area contributed by atoms with Crippen LogP contribution in [0, 0.1) is 0 Å². The minimum atomic E-state index is -3.19. The van der Waals surface area contributed by atoms with Gasteiger partial charge in [0.2, 0.25) is 0 Å². The molecule has 1 aliphatic heterocycles. The van der Waals surface area contributed by atoms with Crippen molar-refractivity contribution >= 4 is 15.9 Å². The van der Waals surface area contributed by atoms with Crippen LogP contribution in [0.4, 0.5) is 0 Å². The number of hydrogen-bond donors (Lipinski definition) is 0. The third-order valence-corrected chi connectivity index (χ3v) is 2.15. The minimum absolute atomic E-state index is 0.688. The van der Waals surface area contributed by atoms with E-state index in [1.54, 1.807) is 0 Å². The highest BCUT2D eigenvalue weighted by Gasteiger charge is 2.15. The van der Waals surface area contributed by atoms with E-state index < -0.39 is 10.0 Å². The molecule has 1 fully saturated rings. The molecule has 0 aliphatic carbocycles. The van der Waals surface area contributed by atoms with Gasteiger partial charge in [-0.25, -0.2) is 8.42 Å². The summed E-state index contributed by atoms with van der Waals surface area (Å²) in [4.78, 5) is 1.88. The van der Waals surface area contributed by atoms with Crippen LogP contribution in [0.3, 0.4) is 0 Å². The molecule has 0 aromatic carbocycles. The zero-order valence-corrected chi connectivity index (χ0v) is 7.56. The standard InChI is InChI=1S/C6H12N2O2S/c1-8-5-3-4-6(8)7-11(2,9)10/h3-5H2,1-2H3. The molecule has 1 heterocycles. The number of likely N-dealkylation sites (tertiary alicyclic amines) is 1.